The van der Waals surface area contributed by atoms with Crippen molar-refractivity contribution in [2.45, 2.75) is 46.5 Å². The van der Waals surface area contributed by atoms with Crippen LogP contribution in [0.25, 0.3) is 11.1 Å². The predicted molar refractivity (Wildman–Crippen MR) is 97.5 cm³/mol. The molecule has 0 heterocycles. The van der Waals surface area contributed by atoms with Crippen molar-refractivity contribution in [2.75, 3.05) is 0 Å². The molecule has 2 N–H and O–H groups in total. The number of aryl methyl sites for hydroxylation is 2. The smallest absolute Gasteiger partial charge is 0.248 e. The molecule has 0 spiro atoms. The van der Waals surface area contributed by atoms with Crippen LogP contribution >= 0.6 is 0 Å². The number of carbonyl (C=O) groups is 1. The van der Waals surface area contributed by atoms with Gasteiger partial charge in [-0.05, 0) is 60.1 Å². The Bertz CT molecular complexity index is 673. The highest BCUT2D eigenvalue weighted by Gasteiger charge is 2.06. The molecule has 0 fully saturated rings. The van der Waals surface area contributed by atoms with Crippen LogP contribution < -0.4 is 5.73 Å². The number of benzene rings is 2. The molecule has 2 heteroatoms. The molecule has 0 aliphatic carbocycles. The summed E-state index contributed by atoms with van der Waals surface area (Å²) < 4.78 is 0. The van der Waals surface area contributed by atoms with Crippen molar-refractivity contribution in [2.24, 2.45) is 11.7 Å². The van der Waals surface area contributed by atoms with E-state index < -0.39 is 0 Å². The second-order valence-corrected chi connectivity index (χ2v) is 6.73. The third-order valence-corrected chi connectivity index (χ3v) is 4.25. The Morgan fingerprint density at radius 2 is 1.87 bits per heavy atom. The van der Waals surface area contributed by atoms with Gasteiger partial charge in [-0.2, -0.15) is 0 Å². The number of unbranched alkanes of at least 4 members (excludes halogenated alkanes) is 1. The second-order valence-electron chi connectivity index (χ2n) is 6.73. The van der Waals surface area contributed by atoms with Gasteiger partial charge in [-0.15, -0.1) is 0 Å². The molecule has 0 saturated carbocycles. The van der Waals surface area contributed by atoms with Crippen LogP contribution in [0.2, 0.25) is 0 Å². The minimum atomic E-state index is -0.383. The molecule has 2 aromatic carbocycles. The van der Waals surface area contributed by atoms with Gasteiger partial charge < -0.3 is 5.73 Å². The van der Waals surface area contributed by atoms with Crippen molar-refractivity contribution in [1.82, 2.24) is 0 Å². The van der Waals surface area contributed by atoms with Crippen molar-refractivity contribution in [3.8, 4) is 11.1 Å². The van der Waals surface area contributed by atoms with Crippen molar-refractivity contribution in [1.29, 1.82) is 0 Å². The summed E-state index contributed by atoms with van der Waals surface area (Å²) in [6, 6.07) is 14.2. The molecule has 0 aromatic heterocycles. The first-order valence-electron chi connectivity index (χ1n) is 8.47. The SMILES string of the molecule is Cc1cc(CCCCC(C)C)ccc1-c1cccc(C(N)=O)c1. The molecule has 2 aromatic rings. The summed E-state index contributed by atoms with van der Waals surface area (Å²) in [4.78, 5) is 11.3. The van der Waals surface area contributed by atoms with E-state index in [1.807, 2.05) is 18.2 Å². The van der Waals surface area contributed by atoms with Gasteiger partial charge in [-0.1, -0.05) is 57.0 Å². The van der Waals surface area contributed by atoms with E-state index in [0.29, 0.717) is 5.56 Å². The first-order chi connectivity index (χ1) is 11.0. The van der Waals surface area contributed by atoms with Crippen LogP contribution in [0.4, 0.5) is 0 Å². The van der Waals surface area contributed by atoms with Gasteiger partial charge in [-0.3, -0.25) is 4.79 Å². The van der Waals surface area contributed by atoms with E-state index in [1.54, 1.807) is 6.07 Å². The van der Waals surface area contributed by atoms with Gasteiger partial charge in [0.05, 0.1) is 0 Å². The van der Waals surface area contributed by atoms with Crippen LogP contribution in [0, 0.1) is 12.8 Å². The summed E-state index contributed by atoms with van der Waals surface area (Å²) in [6.45, 7) is 6.68. The number of rotatable bonds is 7. The van der Waals surface area contributed by atoms with E-state index >= 15 is 0 Å². The molecule has 0 bridgehead atoms. The molecule has 0 aliphatic heterocycles. The van der Waals surface area contributed by atoms with Crippen molar-refractivity contribution < 1.29 is 4.79 Å². The Hall–Kier alpha value is -2.09. The number of primary amides is 1. The van der Waals surface area contributed by atoms with E-state index in [2.05, 4.69) is 39.0 Å². The summed E-state index contributed by atoms with van der Waals surface area (Å²) in [5.74, 6) is 0.405. The molecular weight excluding hydrogens is 282 g/mol. The highest BCUT2D eigenvalue weighted by atomic mass is 16.1. The molecule has 0 radical (unpaired) electrons. The average molecular weight is 309 g/mol. The normalized spacial score (nSPS) is 11.0. The maximum Gasteiger partial charge on any atom is 0.248 e. The lowest BCUT2D eigenvalue weighted by molar-refractivity contribution is 0.100. The molecule has 2 nitrogen and oxygen atoms in total. The second kappa shape index (κ2) is 7.96. The first kappa shape index (κ1) is 17.3. The lowest BCUT2D eigenvalue weighted by atomic mass is 9.95. The van der Waals surface area contributed by atoms with Crippen LogP contribution in [0.5, 0.6) is 0 Å². The Labute approximate surface area is 139 Å². The van der Waals surface area contributed by atoms with Crippen LogP contribution in [-0.2, 0) is 6.42 Å². The maximum atomic E-state index is 11.3. The van der Waals surface area contributed by atoms with Crippen LogP contribution in [0.3, 0.4) is 0 Å². The van der Waals surface area contributed by atoms with E-state index in [0.717, 1.165) is 17.9 Å². The molecule has 0 atom stereocenters. The minimum absolute atomic E-state index is 0.383. The number of amides is 1. The van der Waals surface area contributed by atoms with Crippen LogP contribution in [0.1, 0.15) is 54.6 Å². The van der Waals surface area contributed by atoms with Crippen LogP contribution in [0.15, 0.2) is 42.5 Å². The zero-order chi connectivity index (χ0) is 16.8. The lowest BCUT2D eigenvalue weighted by Gasteiger charge is -2.10. The van der Waals surface area contributed by atoms with Crippen LogP contribution in [-0.4, -0.2) is 5.91 Å². The number of nitrogens with two attached hydrogens (primary N) is 1. The Morgan fingerprint density at radius 1 is 1.09 bits per heavy atom. The molecule has 2 rings (SSSR count). The number of hydrogen-bond acceptors (Lipinski definition) is 1. The van der Waals surface area contributed by atoms with Crippen molar-refractivity contribution >= 4 is 5.91 Å². The third kappa shape index (κ3) is 4.95. The fourth-order valence-corrected chi connectivity index (χ4v) is 2.93. The monoisotopic (exact) mass is 309 g/mol. The Morgan fingerprint density at radius 3 is 2.52 bits per heavy atom. The Balaban J connectivity index is 2.10. The molecule has 1 amide bonds. The largest absolute Gasteiger partial charge is 0.366 e. The fourth-order valence-electron chi connectivity index (χ4n) is 2.93. The van der Waals surface area contributed by atoms with Gasteiger partial charge >= 0.3 is 0 Å². The van der Waals surface area contributed by atoms with Gasteiger partial charge in [0, 0.05) is 5.56 Å². The van der Waals surface area contributed by atoms with E-state index in [4.69, 9.17) is 5.73 Å². The molecule has 0 saturated heterocycles. The van der Waals surface area contributed by atoms with E-state index in [9.17, 15) is 4.79 Å². The van der Waals surface area contributed by atoms with Gasteiger partial charge in [-0.25, -0.2) is 0 Å². The van der Waals surface area contributed by atoms with Gasteiger partial charge in [0.1, 0.15) is 0 Å². The zero-order valence-electron chi connectivity index (χ0n) is 14.4. The summed E-state index contributed by atoms with van der Waals surface area (Å²) in [5.41, 5.74) is 10.8. The summed E-state index contributed by atoms with van der Waals surface area (Å²) >= 11 is 0. The first-order valence-corrected chi connectivity index (χ1v) is 8.47. The highest BCUT2D eigenvalue weighted by molar-refractivity contribution is 5.94. The lowest BCUT2D eigenvalue weighted by Crippen LogP contribution is -2.10. The summed E-state index contributed by atoms with van der Waals surface area (Å²) in [5, 5.41) is 0. The molecular formula is C21H27NO. The third-order valence-electron chi connectivity index (χ3n) is 4.25. The van der Waals surface area contributed by atoms with E-state index in [1.165, 1.54) is 36.0 Å². The maximum absolute atomic E-state index is 11.3. The van der Waals surface area contributed by atoms with Crippen molar-refractivity contribution in [3.05, 3.63) is 59.2 Å². The topological polar surface area (TPSA) is 43.1 Å². The highest BCUT2D eigenvalue weighted by Crippen LogP contribution is 2.25. The molecule has 0 unspecified atom stereocenters. The molecule has 122 valence electrons. The fraction of sp³-hybridized carbons (Fsp3) is 0.381. The van der Waals surface area contributed by atoms with Gasteiger partial charge in [0.25, 0.3) is 0 Å². The number of carbonyl (C=O) groups excluding carboxylic acids is 1. The standard InChI is InChI=1S/C21H27NO/c1-15(2)7-4-5-8-17-11-12-20(16(3)13-17)18-9-6-10-19(14-18)21(22)23/h6,9-15H,4-5,7-8H2,1-3H3,(H2,22,23). The Kier molecular flexibility index (Phi) is 5.97. The molecule has 0 aliphatic rings. The van der Waals surface area contributed by atoms with Crippen molar-refractivity contribution in [3.63, 3.8) is 0 Å². The number of hydrogen-bond donors (Lipinski definition) is 1. The molecule has 23 heavy (non-hydrogen) atoms. The van der Waals surface area contributed by atoms with Gasteiger partial charge in [0.2, 0.25) is 5.91 Å². The predicted octanol–water partition coefficient (Wildman–Crippen LogP) is 5.13. The average Bonchev–Trinajstić information content (AvgIpc) is 2.51. The zero-order valence-corrected chi connectivity index (χ0v) is 14.4. The van der Waals surface area contributed by atoms with E-state index in [-0.39, 0.29) is 5.91 Å². The summed E-state index contributed by atoms with van der Waals surface area (Å²) in [7, 11) is 0. The quantitative estimate of drug-likeness (QED) is 0.708. The minimum Gasteiger partial charge on any atom is -0.366 e. The van der Waals surface area contributed by atoms with Gasteiger partial charge in [0.15, 0.2) is 0 Å². The summed E-state index contributed by atoms with van der Waals surface area (Å²) in [6.07, 6.45) is 4.97.